The molecule has 2 atom stereocenters. The van der Waals surface area contributed by atoms with Gasteiger partial charge < -0.3 is 5.73 Å². The topological polar surface area (TPSA) is 43.1 Å². The molecule has 2 nitrogen and oxygen atoms in total. The molecule has 2 N–H and O–H groups in total. The Hall–Kier alpha value is -0.0200. The van der Waals surface area contributed by atoms with E-state index in [1.807, 2.05) is 6.92 Å². The number of hydrogen-bond acceptors (Lipinski definition) is 3. The smallest absolute Gasteiger partial charge is 0.172 e. The first kappa shape index (κ1) is 5.12. The van der Waals surface area contributed by atoms with Crippen molar-refractivity contribution in [2.75, 3.05) is 0 Å². The van der Waals surface area contributed by atoms with Gasteiger partial charge in [0.1, 0.15) is 5.37 Å². The van der Waals surface area contributed by atoms with Crippen molar-refractivity contribution in [3.05, 3.63) is 0 Å². The summed E-state index contributed by atoms with van der Waals surface area (Å²) in [5.41, 5.74) is 5.23. The van der Waals surface area contributed by atoms with E-state index in [4.69, 9.17) is 5.73 Å². The summed E-state index contributed by atoms with van der Waals surface area (Å²) < 4.78 is 0. The largest absolute Gasteiger partial charge is 0.313 e. The second-order valence-corrected chi connectivity index (χ2v) is 3.09. The van der Waals surface area contributed by atoms with Crippen LogP contribution in [0.25, 0.3) is 0 Å². The molecular weight excluding hydrogens is 110 g/mol. The van der Waals surface area contributed by atoms with Gasteiger partial charge in [-0.05, 0) is 6.92 Å². The Morgan fingerprint density at radius 3 is 2.43 bits per heavy atom. The second-order valence-electron chi connectivity index (χ2n) is 1.60. The van der Waals surface area contributed by atoms with Crippen LogP contribution in [0.4, 0.5) is 0 Å². The van der Waals surface area contributed by atoms with Gasteiger partial charge in [0.2, 0.25) is 0 Å². The summed E-state index contributed by atoms with van der Waals surface area (Å²) in [6.45, 7) is 1.87. The molecule has 0 saturated carbocycles. The summed E-state index contributed by atoms with van der Waals surface area (Å²) in [5, 5.41) is -0.0509. The minimum atomic E-state index is -0.213. The summed E-state index contributed by atoms with van der Waals surface area (Å²) in [6.07, 6.45) is 0. The lowest BCUT2D eigenvalue weighted by Gasteiger charge is -2.25. The SMILES string of the molecule is CC1S[C@H](N)C1=O. The third-order valence-electron chi connectivity index (χ3n) is 1.03. The minimum absolute atomic E-state index is 0.162. The molecule has 1 aliphatic heterocycles. The molecule has 1 heterocycles. The van der Waals surface area contributed by atoms with E-state index >= 15 is 0 Å². The van der Waals surface area contributed by atoms with Crippen LogP contribution in [0.2, 0.25) is 0 Å². The first-order valence-electron chi connectivity index (χ1n) is 2.16. The summed E-state index contributed by atoms with van der Waals surface area (Å²) in [6, 6.07) is 0. The highest BCUT2D eigenvalue weighted by Crippen LogP contribution is 2.27. The molecule has 3 heteroatoms. The van der Waals surface area contributed by atoms with Gasteiger partial charge in [0.15, 0.2) is 5.78 Å². The number of rotatable bonds is 0. The van der Waals surface area contributed by atoms with Crippen molar-refractivity contribution in [2.45, 2.75) is 17.5 Å². The number of carbonyl (C=O) groups excluding carboxylic acids is 1. The zero-order valence-corrected chi connectivity index (χ0v) is 4.87. The van der Waals surface area contributed by atoms with Crippen LogP contribution in [0.1, 0.15) is 6.92 Å². The van der Waals surface area contributed by atoms with Crippen LogP contribution in [0.15, 0.2) is 0 Å². The predicted molar refractivity (Wildman–Crippen MR) is 30.0 cm³/mol. The molecule has 0 aromatic rings. The number of ketones is 1. The Morgan fingerprint density at radius 2 is 2.43 bits per heavy atom. The first-order chi connectivity index (χ1) is 3.22. The average molecular weight is 117 g/mol. The van der Waals surface area contributed by atoms with E-state index in [0.717, 1.165) is 0 Å². The van der Waals surface area contributed by atoms with E-state index in [2.05, 4.69) is 0 Å². The van der Waals surface area contributed by atoms with Crippen molar-refractivity contribution in [2.24, 2.45) is 5.73 Å². The van der Waals surface area contributed by atoms with Gasteiger partial charge in [-0.25, -0.2) is 0 Å². The fraction of sp³-hybridized carbons (Fsp3) is 0.750. The number of thioether (sulfide) groups is 1. The molecule has 0 aromatic carbocycles. The van der Waals surface area contributed by atoms with Crippen molar-refractivity contribution < 1.29 is 4.79 Å². The van der Waals surface area contributed by atoms with Crippen molar-refractivity contribution in [1.29, 1.82) is 0 Å². The van der Waals surface area contributed by atoms with Gasteiger partial charge in [0.05, 0.1) is 5.25 Å². The molecule has 0 aromatic heterocycles. The normalized spacial score (nSPS) is 40.6. The molecule has 0 bridgehead atoms. The lowest BCUT2D eigenvalue weighted by atomic mass is 10.3. The molecule has 0 spiro atoms. The van der Waals surface area contributed by atoms with Crippen LogP contribution in [0, 0.1) is 0 Å². The Labute approximate surface area is 46.5 Å². The van der Waals surface area contributed by atoms with Crippen LogP contribution in [0.3, 0.4) is 0 Å². The monoisotopic (exact) mass is 117 g/mol. The van der Waals surface area contributed by atoms with Crippen molar-refractivity contribution in [3.63, 3.8) is 0 Å². The van der Waals surface area contributed by atoms with E-state index in [0.29, 0.717) is 0 Å². The third-order valence-corrected chi connectivity index (χ3v) is 2.20. The molecule has 0 aliphatic carbocycles. The predicted octanol–water partition coefficient (Wildman–Crippen LogP) is -0.0244. The molecule has 0 radical (unpaired) electrons. The van der Waals surface area contributed by atoms with Gasteiger partial charge in [0.25, 0.3) is 0 Å². The molecule has 1 fully saturated rings. The number of carbonyl (C=O) groups is 1. The van der Waals surface area contributed by atoms with Crippen LogP contribution in [-0.2, 0) is 4.79 Å². The minimum Gasteiger partial charge on any atom is -0.313 e. The van der Waals surface area contributed by atoms with Crippen LogP contribution >= 0.6 is 11.8 Å². The van der Waals surface area contributed by atoms with Gasteiger partial charge in [0, 0.05) is 0 Å². The lowest BCUT2D eigenvalue weighted by Crippen LogP contribution is -2.44. The molecule has 7 heavy (non-hydrogen) atoms. The molecule has 1 unspecified atom stereocenters. The number of Topliss-reactive ketones (excluding diaryl/α,β-unsaturated/α-hetero) is 1. The van der Waals surface area contributed by atoms with E-state index in [1.54, 1.807) is 0 Å². The highest BCUT2D eigenvalue weighted by Gasteiger charge is 2.33. The number of hydrogen-bond donors (Lipinski definition) is 1. The van der Waals surface area contributed by atoms with Gasteiger partial charge in [-0.1, -0.05) is 0 Å². The Kier molecular flexibility index (Phi) is 1.09. The Balaban J connectivity index is 2.44. The zero-order chi connectivity index (χ0) is 5.44. The molecular formula is C4H7NOS. The quantitative estimate of drug-likeness (QED) is 0.484. The Bertz CT molecular complexity index is 93.9. The molecule has 1 aliphatic rings. The number of nitrogens with two attached hydrogens (primary N) is 1. The highest BCUT2D eigenvalue weighted by atomic mass is 32.2. The maximum Gasteiger partial charge on any atom is 0.172 e. The van der Waals surface area contributed by atoms with Crippen molar-refractivity contribution in [1.82, 2.24) is 0 Å². The van der Waals surface area contributed by atoms with Crippen LogP contribution in [-0.4, -0.2) is 16.4 Å². The fourth-order valence-electron chi connectivity index (χ4n) is 0.513. The molecule has 1 rings (SSSR count). The standard InChI is InChI=1S/C4H7NOS/c1-2-3(6)4(5)7-2/h2,4H,5H2,1H3/t2?,4-/m0/s1. The molecule has 1 saturated heterocycles. The van der Waals surface area contributed by atoms with Crippen molar-refractivity contribution in [3.8, 4) is 0 Å². The molecule has 0 amide bonds. The highest BCUT2D eigenvalue weighted by molar-refractivity contribution is 8.04. The van der Waals surface area contributed by atoms with Crippen LogP contribution < -0.4 is 5.73 Å². The summed E-state index contributed by atoms with van der Waals surface area (Å²) in [5.74, 6) is 0.185. The maximum atomic E-state index is 10.4. The summed E-state index contributed by atoms with van der Waals surface area (Å²) >= 11 is 1.52. The molecule has 40 valence electrons. The van der Waals surface area contributed by atoms with Crippen LogP contribution in [0.5, 0.6) is 0 Å². The summed E-state index contributed by atoms with van der Waals surface area (Å²) in [7, 11) is 0. The van der Waals surface area contributed by atoms with E-state index in [1.165, 1.54) is 11.8 Å². The summed E-state index contributed by atoms with van der Waals surface area (Å²) in [4.78, 5) is 10.4. The second kappa shape index (κ2) is 1.49. The first-order valence-corrected chi connectivity index (χ1v) is 3.11. The van der Waals surface area contributed by atoms with E-state index in [-0.39, 0.29) is 16.4 Å². The lowest BCUT2D eigenvalue weighted by molar-refractivity contribution is -0.119. The fourth-order valence-corrected chi connectivity index (χ4v) is 1.35. The maximum absolute atomic E-state index is 10.4. The zero-order valence-electron chi connectivity index (χ0n) is 4.05. The van der Waals surface area contributed by atoms with Crippen molar-refractivity contribution >= 4 is 17.5 Å². The van der Waals surface area contributed by atoms with E-state index < -0.39 is 0 Å². The van der Waals surface area contributed by atoms with Gasteiger partial charge in [-0.3, -0.25) is 4.79 Å². The van der Waals surface area contributed by atoms with Gasteiger partial charge >= 0.3 is 0 Å². The average Bonchev–Trinajstić information content (AvgIpc) is 1.68. The van der Waals surface area contributed by atoms with Gasteiger partial charge in [-0.15, -0.1) is 11.8 Å². The Morgan fingerprint density at radius 1 is 1.86 bits per heavy atom. The van der Waals surface area contributed by atoms with E-state index in [9.17, 15) is 4.79 Å². The van der Waals surface area contributed by atoms with Gasteiger partial charge in [-0.2, -0.15) is 0 Å². The third kappa shape index (κ3) is 0.660.